The van der Waals surface area contributed by atoms with E-state index in [1.54, 1.807) is 0 Å². The molecule has 0 aliphatic rings. The van der Waals surface area contributed by atoms with E-state index in [-0.39, 0.29) is 25.7 Å². The maximum Gasteiger partial charge on any atom is 0.472 e. The summed E-state index contributed by atoms with van der Waals surface area (Å²) in [5.74, 6) is -1.26. The minimum Gasteiger partial charge on any atom is -0.462 e. The van der Waals surface area contributed by atoms with E-state index in [0.717, 1.165) is 109 Å². The zero-order valence-electron chi connectivity index (χ0n) is 64.6. The Bertz CT molecular complexity index is 1890. The van der Waals surface area contributed by atoms with Crippen LogP contribution in [0, 0.1) is 5.92 Å². The predicted molar refractivity (Wildman–Crippen MR) is 405 cm³/mol. The van der Waals surface area contributed by atoms with Gasteiger partial charge in [-0.15, -0.1) is 0 Å². The van der Waals surface area contributed by atoms with Gasteiger partial charge in [-0.25, -0.2) is 9.13 Å². The van der Waals surface area contributed by atoms with Crippen molar-refractivity contribution in [2.45, 2.75) is 445 Å². The fraction of sp³-hybridized carbons (Fsp3) is 0.950. The van der Waals surface area contributed by atoms with Crippen molar-refractivity contribution in [1.29, 1.82) is 0 Å². The first-order chi connectivity index (χ1) is 48.1. The zero-order valence-corrected chi connectivity index (χ0v) is 66.4. The monoisotopic (exact) mass is 1450 g/mol. The molecular weight excluding hydrogens is 1290 g/mol. The maximum absolute atomic E-state index is 13.1. The molecular formula is C80H156O17P2. The summed E-state index contributed by atoms with van der Waals surface area (Å²) in [6.45, 7) is 7.34. The van der Waals surface area contributed by atoms with Gasteiger partial charge in [0.1, 0.15) is 19.3 Å². The van der Waals surface area contributed by atoms with E-state index in [0.29, 0.717) is 25.7 Å². The van der Waals surface area contributed by atoms with Crippen LogP contribution in [0.2, 0.25) is 0 Å². The number of unbranched alkanes of at least 4 members (excludes halogenated alkanes) is 51. The Morgan fingerprint density at radius 1 is 0.283 bits per heavy atom. The lowest BCUT2D eigenvalue weighted by atomic mass is 9.99. The summed E-state index contributed by atoms with van der Waals surface area (Å²) < 4.78 is 68.6. The average molecular weight is 1450 g/mol. The average Bonchev–Trinajstić information content (AvgIpc) is 1.27. The van der Waals surface area contributed by atoms with Crippen LogP contribution in [0.25, 0.3) is 0 Å². The second-order valence-corrected chi connectivity index (χ2v) is 32.0. The van der Waals surface area contributed by atoms with Crippen molar-refractivity contribution in [3.05, 3.63) is 0 Å². The Hall–Kier alpha value is -1.94. The van der Waals surface area contributed by atoms with E-state index in [1.807, 2.05) is 0 Å². The molecule has 588 valence electrons. The quantitative estimate of drug-likeness (QED) is 0.0222. The van der Waals surface area contributed by atoms with E-state index >= 15 is 0 Å². The number of aliphatic hydroxyl groups is 1. The molecule has 19 heteroatoms. The van der Waals surface area contributed by atoms with E-state index in [2.05, 4.69) is 34.6 Å². The van der Waals surface area contributed by atoms with Crippen LogP contribution in [0.5, 0.6) is 0 Å². The largest absolute Gasteiger partial charge is 0.472 e. The number of phosphoric ester groups is 2. The maximum atomic E-state index is 13.1. The summed E-state index contributed by atoms with van der Waals surface area (Å²) in [4.78, 5) is 72.8. The van der Waals surface area contributed by atoms with Gasteiger partial charge in [0.25, 0.3) is 0 Å². The minimum absolute atomic E-state index is 0.108. The Balaban J connectivity index is 5.18. The Morgan fingerprint density at radius 3 is 0.717 bits per heavy atom. The molecule has 6 atom stereocenters. The molecule has 17 nitrogen and oxygen atoms in total. The van der Waals surface area contributed by atoms with E-state index in [9.17, 15) is 43.2 Å². The van der Waals surface area contributed by atoms with Crippen molar-refractivity contribution in [3.63, 3.8) is 0 Å². The van der Waals surface area contributed by atoms with Gasteiger partial charge in [-0.3, -0.25) is 37.3 Å². The lowest BCUT2D eigenvalue weighted by molar-refractivity contribution is -0.161. The predicted octanol–water partition coefficient (Wildman–Crippen LogP) is 24.0. The van der Waals surface area contributed by atoms with Crippen LogP contribution in [0.3, 0.4) is 0 Å². The lowest BCUT2D eigenvalue weighted by Gasteiger charge is -2.21. The number of carbonyl (C=O) groups excluding carboxylic acids is 4. The van der Waals surface area contributed by atoms with Crippen LogP contribution in [-0.2, 0) is 65.4 Å². The van der Waals surface area contributed by atoms with Gasteiger partial charge in [-0.2, -0.15) is 0 Å². The minimum atomic E-state index is -4.96. The van der Waals surface area contributed by atoms with Gasteiger partial charge in [0.05, 0.1) is 26.4 Å². The molecule has 0 aromatic heterocycles. The van der Waals surface area contributed by atoms with Crippen LogP contribution in [-0.4, -0.2) is 96.7 Å². The molecule has 0 aliphatic heterocycles. The van der Waals surface area contributed by atoms with Gasteiger partial charge in [0.2, 0.25) is 0 Å². The highest BCUT2D eigenvalue weighted by atomic mass is 31.2. The molecule has 0 rings (SSSR count). The summed E-state index contributed by atoms with van der Waals surface area (Å²) in [5.41, 5.74) is 0. The molecule has 0 radical (unpaired) electrons. The molecule has 0 spiro atoms. The number of rotatable bonds is 80. The highest BCUT2D eigenvalue weighted by Crippen LogP contribution is 2.45. The van der Waals surface area contributed by atoms with Crippen molar-refractivity contribution in [2.24, 2.45) is 5.92 Å². The summed E-state index contributed by atoms with van der Waals surface area (Å²) >= 11 is 0. The topological polar surface area (TPSA) is 237 Å². The first-order valence-corrected chi connectivity index (χ1v) is 44.7. The number of carbonyl (C=O) groups is 4. The van der Waals surface area contributed by atoms with Crippen molar-refractivity contribution in [1.82, 2.24) is 0 Å². The van der Waals surface area contributed by atoms with Crippen molar-refractivity contribution in [2.75, 3.05) is 39.6 Å². The molecule has 0 saturated heterocycles. The number of esters is 4. The van der Waals surface area contributed by atoms with Crippen LogP contribution < -0.4 is 0 Å². The van der Waals surface area contributed by atoms with Crippen LogP contribution in [0.1, 0.15) is 426 Å². The third kappa shape index (κ3) is 72.8. The van der Waals surface area contributed by atoms with Gasteiger partial charge in [-0.1, -0.05) is 375 Å². The summed E-state index contributed by atoms with van der Waals surface area (Å²) in [5, 5.41) is 10.6. The van der Waals surface area contributed by atoms with Crippen molar-refractivity contribution < 1.29 is 80.2 Å². The normalized spacial score (nSPS) is 14.1. The van der Waals surface area contributed by atoms with Crippen LogP contribution >= 0.6 is 15.6 Å². The number of hydrogen-bond acceptors (Lipinski definition) is 15. The molecule has 99 heavy (non-hydrogen) atoms. The Morgan fingerprint density at radius 2 is 0.485 bits per heavy atom. The Labute approximate surface area is 607 Å². The van der Waals surface area contributed by atoms with Crippen LogP contribution in [0.15, 0.2) is 0 Å². The van der Waals surface area contributed by atoms with Gasteiger partial charge < -0.3 is 33.8 Å². The highest BCUT2D eigenvalue weighted by molar-refractivity contribution is 7.47. The summed E-state index contributed by atoms with van der Waals surface area (Å²) in [6, 6.07) is 0. The molecule has 0 bridgehead atoms. The lowest BCUT2D eigenvalue weighted by Crippen LogP contribution is -2.30. The molecule has 0 amide bonds. The van der Waals surface area contributed by atoms with Crippen LogP contribution in [0.4, 0.5) is 0 Å². The van der Waals surface area contributed by atoms with Crippen molar-refractivity contribution >= 4 is 39.5 Å². The molecule has 0 heterocycles. The molecule has 0 aromatic rings. The standard InChI is InChI=1S/C80H156O17P2/c1-6-10-13-16-19-21-23-25-27-28-29-30-32-38-42-46-51-56-61-66-80(85)97-76(70-91-78(83)64-59-54-49-44-40-36-34-33-35-39-43-48-52-57-62-73(5)9-4)72-95-99(88,89)93-68-74(81)67-92-98(86,87)94-71-75(69-90-77(82)63-58-53-47-18-15-12-8-3)96-79(84)65-60-55-50-45-41-37-31-26-24-22-20-17-14-11-7-2/h73-76,81H,6-72H2,1-5H3,(H,86,87)(H,88,89)/t73?,74-,75+,76+/m0/s1. The molecule has 3 N–H and O–H groups in total. The van der Waals surface area contributed by atoms with Gasteiger partial charge in [-0.05, 0) is 31.6 Å². The third-order valence-electron chi connectivity index (χ3n) is 19.1. The molecule has 0 fully saturated rings. The first-order valence-electron chi connectivity index (χ1n) is 41.7. The summed E-state index contributed by atoms with van der Waals surface area (Å²) in [6.07, 6.45) is 63.9. The molecule has 3 unspecified atom stereocenters. The fourth-order valence-corrected chi connectivity index (χ4v) is 14.0. The molecule has 0 saturated carbocycles. The second-order valence-electron chi connectivity index (χ2n) is 29.1. The second kappa shape index (κ2) is 73.0. The summed E-state index contributed by atoms with van der Waals surface area (Å²) in [7, 11) is -9.91. The molecule has 0 aliphatic carbocycles. The smallest absolute Gasteiger partial charge is 0.462 e. The first kappa shape index (κ1) is 97.1. The van der Waals surface area contributed by atoms with Gasteiger partial charge >= 0.3 is 39.5 Å². The van der Waals surface area contributed by atoms with E-state index in [1.165, 1.54) is 238 Å². The SMILES string of the molecule is CCCCCCCCCCCCCCCCCCCCCC(=O)O[C@H](COC(=O)CCCCCCCCCCCCCCCCC(C)CC)COP(=O)(O)OC[C@@H](O)COP(=O)(O)OC[C@@H](COC(=O)CCCCCCCCC)OC(=O)CCCCCCCCCCCCCCCCC. The number of ether oxygens (including phenoxy) is 4. The van der Waals surface area contributed by atoms with E-state index < -0.39 is 97.5 Å². The number of aliphatic hydroxyl groups excluding tert-OH is 1. The molecule has 0 aromatic carbocycles. The van der Waals surface area contributed by atoms with Gasteiger partial charge in [0.15, 0.2) is 12.2 Å². The van der Waals surface area contributed by atoms with Crippen molar-refractivity contribution in [3.8, 4) is 0 Å². The van der Waals surface area contributed by atoms with Gasteiger partial charge in [0, 0.05) is 25.7 Å². The van der Waals surface area contributed by atoms with E-state index in [4.69, 9.17) is 37.0 Å². The fourth-order valence-electron chi connectivity index (χ4n) is 12.4. The third-order valence-corrected chi connectivity index (χ3v) is 21.0. The highest BCUT2D eigenvalue weighted by Gasteiger charge is 2.30. The Kier molecular flexibility index (Phi) is 71.6. The number of phosphoric acid groups is 2. The number of hydrogen-bond donors (Lipinski definition) is 3. The zero-order chi connectivity index (χ0) is 72.7.